The van der Waals surface area contributed by atoms with Gasteiger partial charge in [0.25, 0.3) is 5.91 Å². The largest absolute Gasteiger partial charge is 0.478 e. The number of anilines is 1. The molecule has 0 atom stereocenters. The van der Waals surface area contributed by atoms with Crippen molar-refractivity contribution < 1.29 is 24.2 Å². The van der Waals surface area contributed by atoms with Gasteiger partial charge in [0.15, 0.2) is 11.5 Å². The van der Waals surface area contributed by atoms with Crippen LogP contribution < -0.4 is 14.8 Å². The van der Waals surface area contributed by atoms with Gasteiger partial charge in [-0.15, -0.1) is 11.3 Å². The zero-order chi connectivity index (χ0) is 22.1. The van der Waals surface area contributed by atoms with Crippen LogP contribution in [0.3, 0.4) is 0 Å². The van der Waals surface area contributed by atoms with Gasteiger partial charge in [-0.1, -0.05) is 42.5 Å². The minimum absolute atomic E-state index is 0.151. The number of aromatic nitrogens is 1. The lowest BCUT2D eigenvalue weighted by molar-refractivity contribution is 0.0696. The summed E-state index contributed by atoms with van der Waals surface area (Å²) in [7, 11) is 0. The number of thiazole rings is 1. The van der Waals surface area contributed by atoms with Crippen LogP contribution >= 0.6 is 11.3 Å². The second kappa shape index (κ2) is 8.16. The van der Waals surface area contributed by atoms with Crippen molar-refractivity contribution in [2.24, 2.45) is 0 Å². The number of hydrogen-bond donors (Lipinski definition) is 2. The molecule has 0 saturated heterocycles. The minimum atomic E-state index is -1.02. The molecule has 158 valence electrons. The lowest BCUT2D eigenvalue weighted by atomic mass is 10.1. The fraction of sp³-hybridized carbons (Fsp3) is 0.0417. The zero-order valence-corrected chi connectivity index (χ0v) is 17.4. The highest BCUT2D eigenvalue weighted by molar-refractivity contribution is 7.17. The van der Waals surface area contributed by atoms with Gasteiger partial charge >= 0.3 is 5.97 Å². The van der Waals surface area contributed by atoms with E-state index in [9.17, 15) is 14.7 Å². The molecule has 0 saturated carbocycles. The molecular weight excluding hydrogens is 428 g/mol. The summed E-state index contributed by atoms with van der Waals surface area (Å²) in [5.74, 6) is -0.138. The number of amides is 1. The molecule has 1 aromatic heterocycles. The summed E-state index contributed by atoms with van der Waals surface area (Å²) in [6, 6.07) is 21.1. The van der Waals surface area contributed by atoms with E-state index < -0.39 is 5.97 Å². The van der Waals surface area contributed by atoms with Gasteiger partial charge in [0.05, 0.1) is 11.3 Å². The van der Waals surface area contributed by atoms with Crippen LogP contribution in [0, 0.1) is 0 Å². The number of hydrogen-bond acceptors (Lipinski definition) is 6. The van der Waals surface area contributed by atoms with E-state index in [4.69, 9.17) is 14.5 Å². The fourth-order valence-corrected chi connectivity index (χ4v) is 4.32. The summed E-state index contributed by atoms with van der Waals surface area (Å²) in [6.45, 7) is 0.151. The van der Waals surface area contributed by atoms with Crippen molar-refractivity contribution in [3.8, 4) is 33.3 Å². The Kier molecular flexibility index (Phi) is 5.04. The number of carbonyl (C=O) groups is 2. The number of aromatic carboxylic acids is 1. The number of carboxylic acid groups (broad SMARTS) is 1. The highest BCUT2D eigenvalue weighted by atomic mass is 32.1. The maximum Gasteiger partial charge on any atom is 0.335 e. The van der Waals surface area contributed by atoms with Crippen molar-refractivity contribution in [3.63, 3.8) is 0 Å². The number of rotatable bonds is 5. The lowest BCUT2D eigenvalue weighted by Crippen LogP contribution is -2.11. The van der Waals surface area contributed by atoms with Crippen LogP contribution in [-0.2, 0) is 0 Å². The highest BCUT2D eigenvalue weighted by Crippen LogP contribution is 2.37. The first-order chi connectivity index (χ1) is 15.6. The van der Waals surface area contributed by atoms with Gasteiger partial charge in [-0.3, -0.25) is 4.79 Å². The molecule has 8 heteroatoms. The first-order valence-corrected chi connectivity index (χ1v) is 10.5. The summed E-state index contributed by atoms with van der Waals surface area (Å²) in [5, 5.41) is 12.8. The van der Waals surface area contributed by atoms with Crippen LogP contribution in [0.5, 0.6) is 11.5 Å². The SMILES string of the molecule is O=C(O)c1cccc(-c2nc(-c3ccccc3)c(C(=O)Nc3ccc4c(c3)OCO4)s2)c1. The third-order valence-electron chi connectivity index (χ3n) is 4.87. The Balaban J connectivity index is 1.54. The lowest BCUT2D eigenvalue weighted by Gasteiger charge is -2.06. The monoisotopic (exact) mass is 444 g/mol. The Labute approximate surface area is 186 Å². The molecule has 0 fully saturated rings. The average Bonchev–Trinajstić information content (AvgIpc) is 3.47. The first kappa shape index (κ1) is 19.8. The number of carboxylic acids is 1. The van der Waals surface area contributed by atoms with Crippen LogP contribution in [0.1, 0.15) is 20.0 Å². The Hall–Kier alpha value is -4.17. The number of nitrogens with zero attached hydrogens (tertiary/aromatic N) is 1. The van der Waals surface area contributed by atoms with Crippen LogP contribution in [0.4, 0.5) is 5.69 Å². The molecule has 0 unspecified atom stereocenters. The number of carbonyl (C=O) groups excluding carboxylic acids is 1. The fourth-order valence-electron chi connectivity index (χ4n) is 3.34. The smallest absolute Gasteiger partial charge is 0.335 e. The van der Waals surface area contributed by atoms with Crippen molar-refractivity contribution in [3.05, 3.63) is 83.2 Å². The summed E-state index contributed by atoms with van der Waals surface area (Å²) in [4.78, 5) is 29.7. The Morgan fingerprint density at radius 1 is 0.906 bits per heavy atom. The highest BCUT2D eigenvalue weighted by Gasteiger charge is 2.22. The number of fused-ring (bicyclic) bond motifs is 1. The van der Waals surface area contributed by atoms with E-state index >= 15 is 0 Å². The van der Waals surface area contributed by atoms with Gasteiger partial charge in [-0.25, -0.2) is 9.78 Å². The van der Waals surface area contributed by atoms with Crippen LogP contribution in [0.15, 0.2) is 72.8 Å². The summed E-state index contributed by atoms with van der Waals surface area (Å²) in [5.41, 5.74) is 2.69. The summed E-state index contributed by atoms with van der Waals surface area (Å²) in [6.07, 6.45) is 0. The molecule has 32 heavy (non-hydrogen) atoms. The topological polar surface area (TPSA) is 97.8 Å². The van der Waals surface area contributed by atoms with Crippen molar-refractivity contribution in [1.82, 2.24) is 4.98 Å². The molecule has 0 radical (unpaired) electrons. The van der Waals surface area contributed by atoms with Crippen molar-refractivity contribution >= 4 is 28.9 Å². The molecule has 1 aliphatic heterocycles. The van der Waals surface area contributed by atoms with Gasteiger partial charge in [0, 0.05) is 22.9 Å². The molecule has 5 rings (SSSR count). The molecule has 0 spiro atoms. The standard InChI is InChI=1S/C24H16N2O5S/c27-22(25-17-9-10-18-19(12-17)31-13-30-18)21-20(14-5-2-1-3-6-14)26-23(32-21)15-7-4-8-16(11-15)24(28)29/h1-12H,13H2,(H,25,27)(H,28,29). The van der Waals surface area contributed by atoms with Gasteiger partial charge in [-0.05, 0) is 24.3 Å². The van der Waals surface area contributed by atoms with Crippen LogP contribution in [0.2, 0.25) is 0 Å². The normalized spacial score (nSPS) is 11.9. The van der Waals surface area contributed by atoms with E-state index in [1.165, 1.54) is 17.4 Å². The van der Waals surface area contributed by atoms with E-state index in [2.05, 4.69) is 5.32 Å². The number of ether oxygens (including phenoxy) is 2. The van der Waals surface area contributed by atoms with E-state index in [1.54, 1.807) is 36.4 Å². The first-order valence-electron chi connectivity index (χ1n) is 9.69. The number of nitrogens with one attached hydrogen (secondary N) is 1. The maximum absolute atomic E-state index is 13.2. The second-order valence-electron chi connectivity index (χ2n) is 6.97. The van der Waals surface area contributed by atoms with E-state index in [0.29, 0.717) is 38.3 Å². The van der Waals surface area contributed by atoms with Gasteiger partial charge in [-0.2, -0.15) is 0 Å². The Morgan fingerprint density at radius 2 is 1.69 bits per heavy atom. The molecule has 3 aromatic carbocycles. The van der Waals surface area contributed by atoms with Crippen molar-refractivity contribution in [1.29, 1.82) is 0 Å². The van der Waals surface area contributed by atoms with E-state index in [1.807, 2.05) is 30.3 Å². The second-order valence-corrected chi connectivity index (χ2v) is 7.97. The molecular formula is C24H16N2O5S. The summed E-state index contributed by atoms with van der Waals surface area (Å²) < 4.78 is 10.7. The number of benzene rings is 3. The molecule has 2 N–H and O–H groups in total. The summed E-state index contributed by atoms with van der Waals surface area (Å²) >= 11 is 1.21. The Morgan fingerprint density at radius 3 is 2.50 bits per heavy atom. The maximum atomic E-state index is 13.2. The van der Waals surface area contributed by atoms with Gasteiger partial charge in [0.1, 0.15) is 9.88 Å². The quantitative estimate of drug-likeness (QED) is 0.441. The van der Waals surface area contributed by atoms with Gasteiger partial charge in [0.2, 0.25) is 6.79 Å². The molecule has 0 aliphatic carbocycles. The minimum Gasteiger partial charge on any atom is -0.478 e. The van der Waals surface area contributed by atoms with Gasteiger partial charge < -0.3 is 19.9 Å². The molecule has 7 nitrogen and oxygen atoms in total. The molecule has 1 aliphatic rings. The predicted molar refractivity (Wildman–Crippen MR) is 120 cm³/mol. The molecule has 1 amide bonds. The molecule has 4 aromatic rings. The van der Waals surface area contributed by atoms with Crippen molar-refractivity contribution in [2.45, 2.75) is 0 Å². The van der Waals surface area contributed by atoms with Crippen molar-refractivity contribution in [2.75, 3.05) is 12.1 Å². The average molecular weight is 444 g/mol. The molecule has 0 bridgehead atoms. The third-order valence-corrected chi connectivity index (χ3v) is 5.97. The zero-order valence-electron chi connectivity index (χ0n) is 16.6. The van der Waals surface area contributed by atoms with Crippen LogP contribution in [-0.4, -0.2) is 28.8 Å². The Bertz CT molecular complexity index is 1330. The van der Waals surface area contributed by atoms with Crippen LogP contribution in [0.25, 0.3) is 21.8 Å². The van der Waals surface area contributed by atoms with E-state index in [-0.39, 0.29) is 18.3 Å². The molecule has 2 heterocycles. The third kappa shape index (κ3) is 3.79. The van der Waals surface area contributed by atoms with E-state index in [0.717, 1.165) is 5.56 Å². The predicted octanol–water partition coefficient (Wildman–Crippen LogP) is 5.16.